The lowest BCUT2D eigenvalue weighted by atomic mass is 10.1. The standard InChI is InChI=1S/C16H14FN3/c17-15-8-4-7-14(9-15)11-20-12-16(18-19-20)10-13-5-2-1-3-6-13/h1-9,12H,10-11H2. The zero-order valence-electron chi connectivity index (χ0n) is 10.9. The van der Waals surface area contributed by atoms with Gasteiger partial charge in [-0.1, -0.05) is 47.7 Å². The molecular weight excluding hydrogens is 253 g/mol. The highest BCUT2D eigenvalue weighted by Crippen LogP contribution is 2.08. The van der Waals surface area contributed by atoms with Crippen molar-refractivity contribution in [3.63, 3.8) is 0 Å². The van der Waals surface area contributed by atoms with Crippen molar-refractivity contribution in [2.75, 3.05) is 0 Å². The van der Waals surface area contributed by atoms with Crippen LogP contribution < -0.4 is 0 Å². The van der Waals surface area contributed by atoms with Crippen LogP contribution in [0, 0.1) is 5.82 Å². The second kappa shape index (κ2) is 5.65. The van der Waals surface area contributed by atoms with E-state index in [4.69, 9.17) is 0 Å². The quantitative estimate of drug-likeness (QED) is 0.727. The summed E-state index contributed by atoms with van der Waals surface area (Å²) < 4.78 is 14.8. The monoisotopic (exact) mass is 267 g/mol. The minimum Gasteiger partial charge on any atom is -0.248 e. The van der Waals surface area contributed by atoms with E-state index in [1.54, 1.807) is 10.7 Å². The van der Waals surface area contributed by atoms with E-state index in [0.29, 0.717) is 6.54 Å². The first-order valence-electron chi connectivity index (χ1n) is 6.47. The molecule has 0 saturated carbocycles. The molecule has 0 bridgehead atoms. The molecule has 1 aromatic heterocycles. The Kier molecular flexibility index (Phi) is 3.54. The molecule has 2 aromatic carbocycles. The molecule has 0 N–H and O–H groups in total. The highest BCUT2D eigenvalue weighted by atomic mass is 19.1. The molecule has 0 fully saturated rings. The van der Waals surface area contributed by atoms with Crippen LogP contribution in [0.15, 0.2) is 60.8 Å². The average Bonchev–Trinajstić information content (AvgIpc) is 2.87. The van der Waals surface area contributed by atoms with Gasteiger partial charge >= 0.3 is 0 Å². The van der Waals surface area contributed by atoms with E-state index in [2.05, 4.69) is 22.4 Å². The number of aromatic nitrogens is 3. The maximum Gasteiger partial charge on any atom is 0.123 e. The molecule has 20 heavy (non-hydrogen) atoms. The zero-order valence-corrected chi connectivity index (χ0v) is 10.9. The van der Waals surface area contributed by atoms with Crippen LogP contribution in [0.4, 0.5) is 4.39 Å². The SMILES string of the molecule is Fc1cccc(Cn2cc(Cc3ccccc3)nn2)c1. The molecule has 0 saturated heterocycles. The van der Waals surface area contributed by atoms with Crippen molar-refractivity contribution in [3.05, 3.63) is 83.4 Å². The fourth-order valence-electron chi connectivity index (χ4n) is 2.12. The van der Waals surface area contributed by atoms with E-state index in [0.717, 1.165) is 17.7 Å². The zero-order chi connectivity index (χ0) is 13.8. The van der Waals surface area contributed by atoms with Gasteiger partial charge in [-0.3, -0.25) is 0 Å². The molecule has 0 aliphatic rings. The van der Waals surface area contributed by atoms with Gasteiger partial charge in [0.25, 0.3) is 0 Å². The van der Waals surface area contributed by atoms with Gasteiger partial charge in [0.15, 0.2) is 0 Å². The van der Waals surface area contributed by atoms with Gasteiger partial charge < -0.3 is 0 Å². The molecule has 1 heterocycles. The molecule has 0 aliphatic carbocycles. The van der Waals surface area contributed by atoms with Crippen molar-refractivity contribution in [1.29, 1.82) is 0 Å². The molecule has 0 unspecified atom stereocenters. The Hall–Kier alpha value is -2.49. The highest BCUT2D eigenvalue weighted by molar-refractivity contribution is 5.20. The molecular formula is C16H14FN3. The van der Waals surface area contributed by atoms with E-state index in [9.17, 15) is 4.39 Å². The number of benzene rings is 2. The van der Waals surface area contributed by atoms with Crippen molar-refractivity contribution in [1.82, 2.24) is 15.0 Å². The first-order valence-corrected chi connectivity index (χ1v) is 6.47. The molecule has 3 aromatic rings. The highest BCUT2D eigenvalue weighted by Gasteiger charge is 2.03. The number of halogens is 1. The summed E-state index contributed by atoms with van der Waals surface area (Å²) in [6, 6.07) is 16.7. The first kappa shape index (κ1) is 12.5. The van der Waals surface area contributed by atoms with Crippen molar-refractivity contribution in [2.45, 2.75) is 13.0 Å². The summed E-state index contributed by atoms with van der Waals surface area (Å²) in [6.45, 7) is 0.527. The largest absolute Gasteiger partial charge is 0.248 e. The minimum absolute atomic E-state index is 0.230. The van der Waals surface area contributed by atoms with Crippen LogP contribution in [0.5, 0.6) is 0 Å². The molecule has 0 aliphatic heterocycles. The van der Waals surface area contributed by atoms with Gasteiger partial charge in [0.05, 0.1) is 12.2 Å². The molecule has 4 heteroatoms. The predicted octanol–water partition coefficient (Wildman–Crippen LogP) is 3.06. The third-order valence-electron chi connectivity index (χ3n) is 3.05. The molecule has 3 rings (SSSR count). The van der Waals surface area contributed by atoms with E-state index in [1.807, 2.05) is 30.5 Å². The van der Waals surface area contributed by atoms with Crippen molar-refractivity contribution in [3.8, 4) is 0 Å². The topological polar surface area (TPSA) is 30.7 Å². The number of hydrogen-bond acceptors (Lipinski definition) is 2. The Morgan fingerprint density at radius 2 is 1.75 bits per heavy atom. The Morgan fingerprint density at radius 3 is 2.55 bits per heavy atom. The second-order valence-electron chi connectivity index (χ2n) is 4.70. The maximum absolute atomic E-state index is 13.1. The van der Waals surface area contributed by atoms with Crippen LogP contribution in [-0.2, 0) is 13.0 Å². The van der Waals surface area contributed by atoms with Gasteiger partial charge in [-0.2, -0.15) is 0 Å². The van der Waals surface area contributed by atoms with Crippen LogP contribution in [0.2, 0.25) is 0 Å². The molecule has 0 spiro atoms. The normalized spacial score (nSPS) is 10.7. The molecule has 3 nitrogen and oxygen atoms in total. The third kappa shape index (κ3) is 3.09. The van der Waals surface area contributed by atoms with E-state index in [-0.39, 0.29) is 5.82 Å². The van der Waals surface area contributed by atoms with Crippen LogP contribution in [-0.4, -0.2) is 15.0 Å². The second-order valence-corrected chi connectivity index (χ2v) is 4.70. The Bertz CT molecular complexity index is 692. The third-order valence-corrected chi connectivity index (χ3v) is 3.05. The molecule has 0 atom stereocenters. The minimum atomic E-state index is -0.230. The Labute approximate surface area is 116 Å². The van der Waals surface area contributed by atoms with E-state index >= 15 is 0 Å². The van der Waals surface area contributed by atoms with Gasteiger partial charge in [0.1, 0.15) is 5.82 Å². The molecule has 0 radical (unpaired) electrons. The number of nitrogens with zero attached hydrogens (tertiary/aromatic N) is 3. The van der Waals surface area contributed by atoms with Gasteiger partial charge in [-0.15, -0.1) is 5.10 Å². The summed E-state index contributed by atoms with van der Waals surface area (Å²) in [4.78, 5) is 0. The van der Waals surface area contributed by atoms with Crippen molar-refractivity contribution in [2.24, 2.45) is 0 Å². The summed E-state index contributed by atoms with van der Waals surface area (Å²) >= 11 is 0. The van der Waals surface area contributed by atoms with Crippen molar-refractivity contribution < 1.29 is 4.39 Å². The van der Waals surface area contributed by atoms with Gasteiger partial charge in [-0.05, 0) is 23.3 Å². The average molecular weight is 267 g/mol. The lowest BCUT2D eigenvalue weighted by Crippen LogP contribution is -2.00. The summed E-state index contributed by atoms with van der Waals surface area (Å²) in [5.74, 6) is -0.230. The van der Waals surface area contributed by atoms with Gasteiger partial charge in [0, 0.05) is 12.6 Å². The number of hydrogen-bond donors (Lipinski definition) is 0. The summed E-state index contributed by atoms with van der Waals surface area (Å²) in [7, 11) is 0. The smallest absolute Gasteiger partial charge is 0.123 e. The predicted molar refractivity (Wildman–Crippen MR) is 74.8 cm³/mol. The summed E-state index contributed by atoms with van der Waals surface area (Å²) in [5.41, 5.74) is 2.99. The Morgan fingerprint density at radius 1 is 0.950 bits per heavy atom. The summed E-state index contributed by atoms with van der Waals surface area (Å²) in [5, 5.41) is 8.23. The molecule has 0 amide bonds. The van der Waals surface area contributed by atoms with Crippen LogP contribution >= 0.6 is 0 Å². The van der Waals surface area contributed by atoms with Crippen LogP contribution in [0.1, 0.15) is 16.8 Å². The number of rotatable bonds is 4. The first-order chi connectivity index (χ1) is 9.79. The van der Waals surface area contributed by atoms with Gasteiger partial charge in [0.2, 0.25) is 0 Å². The lowest BCUT2D eigenvalue weighted by molar-refractivity contribution is 0.614. The van der Waals surface area contributed by atoms with Crippen molar-refractivity contribution >= 4 is 0 Å². The van der Waals surface area contributed by atoms with E-state index < -0.39 is 0 Å². The van der Waals surface area contributed by atoms with E-state index in [1.165, 1.54) is 17.7 Å². The lowest BCUT2D eigenvalue weighted by Gasteiger charge is -2.00. The maximum atomic E-state index is 13.1. The van der Waals surface area contributed by atoms with Crippen LogP contribution in [0.25, 0.3) is 0 Å². The summed E-state index contributed by atoms with van der Waals surface area (Å²) in [6.07, 6.45) is 2.65. The fourth-order valence-corrected chi connectivity index (χ4v) is 2.12. The molecule has 100 valence electrons. The Balaban J connectivity index is 1.71. The van der Waals surface area contributed by atoms with Crippen LogP contribution in [0.3, 0.4) is 0 Å². The van der Waals surface area contributed by atoms with Gasteiger partial charge in [-0.25, -0.2) is 9.07 Å². The fraction of sp³-hybridized carbons (Fsp3) is 0.125.